The van der Waals surface area contributed by atoms with E-state index in [0.717, 1.165) is 22.9 Å². The number of nitrogen functional groups attached to an aromatic ring is 1. The van der Waals surface area contributed by atoms with Crippen LogP contribution in [0.15, 0.2) is 16.6 Å². The van der Waals surface area contributed by atoms with E-state index in [4.69, 9.17) is 10.5 Å². The van der Waals surface area contributed by atoms with Crippen LogP contribution in [0.3, 0.4) is 0 Å². The molecule has 0 aliphatic rings. The smallest absolute Gasteiger partial charge is 0.338 e. The summed E-state index contributed by atoms with van der Waals surface area (Å²) in [7, 11) is 0. The van der Waals surface area contributed by atoms with E-state index in [1.807, 2.05) is 6.92 Å². The fourth-order valence-electron chi connectivity index (χ4n) is 2.21. The molecule has 0 spiro atoms. The Kier molecular flexibility index (Phi) is 8.43. The third-order valence-electron chi connectivity index (χ3n) is 3.61. The molecule has 0 radical (unpaired) electrons. The predicted octanol–water partition coefficient (Wildman–Crippen LogP) is 5.25. The Morgan fingerprint density at radius 3 is 2.43 bits per heavy atom. The minimum Gasteiger partial charge on any atom is -0.462 e. The zero-order valence-electron chi connectivity index (χ0n) is 13.1. The predicted molar refractivity (Wildman–Crippen MR) is 91.6 cm³/mol. The molecule has 0 saturated carbocycles. The number of benzene rings is 1. The molecule has 0 aliphatic heterocycles. The third kappa shape index (κ3) is 6.51. The molecule has 0 unspecified atom stereocenters. The summed E-state index contributed by atoms with van der Waals surface area (Å²) in [5.41, 5.74) is 7.79. The van der Waals surface area contributed by atoms with Gasteiger partial charge in [0, 0.05) is 10.2 Å². The molecule has 0 bridgehead atoms. The number of hydrogen-bond donors (Lipinski definition) is 1. The zero-order chi connectivity index (χ0) is 15.7. The first kappa shape index (κ1) is 18.0. The first-order chi connectivity index (χ1) is 10.1. The van der Waals surface area contributed by atoms with E-state index in [-0.39, 0.29) is 5.97 Å². The second-order valence-corrected chi connectivity index (χ2v) is 6.34. The van der Waals surface area contributed by atoms with Gasteiger partial charge in [-0.3, -0.25) is 0 Å². The maximum atomic E-state index is 12.0. The molecule has 3 nitrogen and oxygen atoms in total. The van der Waals surface area contributed by atoms with E-state index in [0.29, 0.717) is 17.9 Å². The molecule has 1 rings (SSSR count). The third-order valence-corrected chi connectivity index (χ3v) is 4.07. The van der Waals surface area contributed by atoms with Gasteiger partial charge in [0.2, 0.25) is 0 Å². The van der Waals surface area contributed by atoms with Crippen molar-refractivity contribution in [1.82, 2.24) is 0 Å². The summed E-state index contributed by atoms with van der Waals surface area (Å²) < 4.78 is 6.13. The topological polar surface area (TPSA) is 52.3 Å². The van der Waals surface area contributed by atoms with Crippen molar-refractivity contribution in [2.45, 2.75) is 58.8 Å². The van der Waals surface area contributed by atoms with Crippen molar-refractivity contribution in [3.63, 3.8) is 0 Å². The Labute approximate surface area is 136 Å². The van der Waals surface area contributed by atoms with E-state index in [1.54, 1.807) is 12.1 Å². The average Bonchev–Trinajstić information content (AvgIpc) is 2.45. The lowest BCUT2D eigenvalue weighted by Crippen LogP contribution is -2.09. The van der Waals surface area contributed by atoms with Crippen molar-refractivity contribution < 1.29 is 9.53 Å². The van der Waals surface area contributed by atoms with Gasteiger partial charge in [0.15, 0.2) is 0 Å². The molecular formula is C17H26BrNO2. The standard InChI is InChI=1S/C17H26BrNO2/c1-3-4-5-6-7-8-9-10-21-17(20)15-11-14(18)12-16(19)13(15)2/h11-12H,3-10,19H2,1-2H3. The van der Waals surface area contributed by atoms with Crippen LogP contribution in [-0.2, 0) is 4.74 Å². The number of unbranched alkanes of at least 4 members (excludes halogenated alkanes) is 6. The van der Waals surface area contributed by atoms with Crippen molar-refractivity contribution in [2.24, 2.45) is 0 Å². The molecule has 0 amide bonds. The van der Waals surface area contributed by atoms with E-state index < -0.39 is 0 Å². The molecule has 1 aromatic rings. The van der Waals surface area contributed by atoms with Gasteiger partial charge < -0.3 is 10.5 Å². The van der Waals surface area contributed by atoms with Gasteiger partial charge in [0.1, 0.15) is 0 Å². The highest BCUT2D eigenvalue weighted by Gasteiger charge is 2.13. The molecule has 21 heavy (non-hydrogen) atoms. The fourth-order valence-corrected chi connectivity index (χ4v) is 2.69. The Morgan fingerprint density at radius 1 is 1.14 bits per heavy atom. The highest BCUT2D eigenvalue weighted by Crippen LogP contribution is 2.23. The maximum Gasteiger partial charge on any atom is 0.338 e. The van der Waals surface area contributed by atoms with E-state index >= 15 is 0 Å². The largest absolute Gasteiger partial charge is 0.462 e. The Balaban J connectivity index is 2.28. The Morgan fingerprint density at radius 2 is 1.76 bits per heavy atom. The van der Waals surface area contributed by atoms with Crippen molar-refractivity contribution in [3.8, 4) is 0 Å². The van der Waals surface area contributed by atoms with E-state index in [9.17, 15) is 4.79 Å². The lowest BCUT2D eigenvalue weighted by atomic mass is 10.1. The molecule has 2 N–H and O–H groups in total. The van der Waals surface area contributed by atoms with Crippen LogP contribution in [-0.4, -0.2) is 12.6 Å². The van der Waals surface area contributed by atoms with Gasteiger partial charge in [0.25, 0.3) is 0 Å². The first-order valence-corrected chi connectivity index (χ1v) is 8.58. The molecule has 0 saturated heterocycles. The van der Waals surface area contributed by atoms with Crippen LogP contribution in [0.5, 0.6) is 0 Å². The normalized spacial score (nSPS) is 10.6. The Bertz CT molecular complexity index is 460. The summed E-state index contributed by atoms with van der Waals surface area (Å²) in [4.78, 5) is 12.0. The van der Waals surface area contributed by atoms with Gasteiger partial charge in [-0.2, -0.15) is 0 Å². The number of carbonyl (C=O) groups excluding carboxylic acids is 1. The molecule has 0 aliphatic carbocycles. The highest BCUT2D eigenvalue weighted by molar-refractivity contribution is 9.10. The fraction of sp³-hybridized carbons (Fsp3) is 0.588. The summed E-state index contributed by atoms with van der Waals surface area (Å²) in [5, 5.41) is 0. The molecule has 1 aromatic carbocycles. The number of rotatable bonds is 9. The molecule has 0 atom stereocenters. The van der Waals surface area contributed by atoms with Gasteiger partial charge >= 0.3 is 5.97 Å². The number of ether oxygens (including phenoxy) is 1. The maximum absolute atomic E-state index is 12.0. The lowest BCUT2D eigenvalue weighted by Gasteiger charge is -2.10. The highest BCUT2D eigenvalue weighted by atomic mass is 79.9. The van der Waals surface area contributed by atoms with Crippen LogP contribution in [0.4, 0.5) is 5.69 Å². The quantitative estimate of drug-likeness (QED) is 0.374. The van der Waals surface area contributed by atoms with Crippen molar-refractivity contribution in [1.29, 1.82) is 0 Å². The van der Waals surface area contributed by atoms with Crippen molar-refractivity contribution >= 4 is 27.6 Å². The van der Waals surface area contributed by atoms with Crippen LogP contribution in [0, 0.1) is 6.92 Å². The number of carbonyl (C=O) groups is 1. The van der Waals surface area contributed by atoms with Gasteiger partial charge in [-0.15, -0.1) is 0 Å². The average molecular weight is 356 g/mol. The molecule has 118 valence electrons. The van der Waals surface area contributed by atoms with E-state index in [1.165, 1.54) is 32.1 Å². The number of nitrogens with two attached hydrogens (primary N) is 1. The summed E-state index contributed by atoms with van der Waals surface area (Å²) in [5.74, 6) is -0.286. The summed E-state index contributed by atoms with van der Waals surface area (Å²) in [6.45, 7) is 4.54. The van der Waals surface area contributed by atoms with Crippen LogP contribution >= 0.6 is 15.9 Å². The summed E-state index contributed by atoms with van der Waals surface area (Å²) in [6.07, 6.45) is 8.46. The number of halogens is 1. The monoisotopic (exact) mass is 355 g/mol. The molecule has 4 heteroatoms. The summed E-state index contributed by atoms with van der Waals surface area (Å²) >= 11 is 3.35. The SMILES string of the molecule is CCCCCCCCCOC(=O)c1cc(Br)cc(N)c1C. The van der Waals surface area contributed by atoms with Gasteiger partial charge in [0.05, 0.1) is 12.2 Å². The molecular weight excluding hydrogens is 330 g/mol. The molecule has 0 heterocycles. The van der Waals surface area contributed by atoms with Gasteiger partial charge in [-0.05, 0) is 31.0 Å². The number of anilines is 1. The van der Waals surface area contributed by atoms with Crippen molar-refractivity contribution in [3.05, 3.63) is 27.7 Å². The second-order valence-electron chi connectivity index (χ2n) is 5.42. The van der Waals surface area contributed by atoms with Gasteiger partial charge in [-0.1, -0.05) is 61.4 Å². The minimum absolute atomic E-state index is 0.286. The number of hydrogen-bond acceptors (Lipinski definition) is 3. The number of esters is 1. The van der Waals surface area contributed by atoms with Crippen molar-refractivity contribution in [2.75, 3.05) is 12.3 Å². The lowest BCUT2D eigenvalue weighted by molar-refractivity contribution is 0.0497. The minimum atomic E-state index is -0.286. The molecule has 0 fully saturated rings. The Hall–Kier alpha value is -1.03. The van der Waals surface area contributed by atoms with Crippen LogP contribution < -0.4 is 5.73 Å². The van der Waals surface area contributed by atoms with E-state index in [2.05, 4.69) is 22.9 Å². The first-order valence-electron chi connectivity index (χ1n) is 7.79. The van der Waals surface area contributed by atoms with Crippen LogP contribution in [0.25, 0.3) is 0 Å². The summed E-state index contributed by atoms with van der Waals surface area (Å²) in [6, 6.07) is 3.56. The van der Waals surface area contributed by atoms with Crippen LogP contribution in [0.1, 0.15) is 67.8 Å². The second kappa shape index (κ2) is 9.82. The molecule has 0 aromatic heterocycles. The zero-order valence-corrected chi connectivity index (χ0v) is 14.7. The van der Waals surface area contributed by atoms with Gasteiger partial charge in [-0.25, -0.2) is 4.79 Å². The van der Waals surface area contributed by atoms with Crippen LogP contribution in [0.2, 0.25) is 0 Å².